The number of rotatable bonds is 2. The number of benzene rings is 2. The summed E-state index contributed by atoms with van der Waals surface area (Å²) in [4.78, 5) is 8.88. The third kappa shape index (κ3) is 2.82. The molecule has 0 aliphatic heterocycles. The minimum Gasteiger partial charge on any atom is -0.237 e. The first-order chi connectivity index (χ1) is 9.72. The van der Waals surface area contributed by atoms with E-state index >= 15 is 0 Å². The molecule has 0 radical (unpaired) electrons. The van der Waals surface area contributed by atoms with Crippen LogP contribution in [0.5, 0.6) is 0 Å². The van der Waals surface area contributed by atoms with Gasteiger partial charge in [0.05, 0.1) is 5.69 Å². The second kappa shape index (κ2) is 5.61. The Bertz CT molecular complexity index is 661. The molecule has 0 fully saturated rings. The first kappa shape index (κ1) is 13.1. The van der Waals surface area contributed by atoms with Crippen molar-refractivity contribution in [3.05, 3.63) is 70.8 Å². The highest BCUT2D eigenvalue weighted by atomic mass is 35.5. The van der Waals surface area contributed by atoms with Crippen LogP contribution < -0.4 is 0 Å². The van der Waals surface area contributed by atoms with Crippen molar-refractivity contribution in [2.24, 2.45) is 0 Å². The van der Waals surface area contributed by atoms with Crippen LogP contribution in [0.15, 0.2) is 60.8 Å². The SMILES string of the molecule is Clc1ccc(-c2ccnc(-c3ccc(Cl)cc3)n2)cc1. The van der Waals surface area contributed by atoms with E-state index in [1.54, 1.807) is 6.20 Å². The Labute approximate surface area is 127 Å². The van der Waals surface area contributed by atoms with E-state index in [1.165, 1.54) is 0 Å². The van der Waals surface area contributed by atoms with Gasteiger partial charge >= 0.3 is 0 Å². The van der Waals surface area contributed by atoms with Crippen LogP contribution in [0.4, 0.5) is 0 Å². The Morgan fingerprint density at radius 1 is 0.650 bits per heavy atom. The summed E-state index contributed by atoms with van der Waals surface area (Å²) in [6, 6.07) is 16.9. The first-order valence-corrected chi connectivity index (χ1v) is 6.83. The largest absolute Gasteiger partial charge is 0.237 e. The summed E-state index contributed by atoms with van der Waals surface area (Å²) in [6.45, 7) is 0. The Kier molecular flexibility index (Phi) is 3.68. The smallest absolute Gasteiger partial charge is 0.159 e. The van der Waals surface area contributed by atoms with E-state index in [2.05, 4.69) is 9.97 Å². The average Bonchev–Trinajstić information content (AvgIpc) is 2.49. The van der Waals surface area contributed by atoms with Crippen LogP contribution in [0.2, 0.25) is 10.0 Å². The molecule has 0 N–H and O–H groups in total. The Hall–Kier alpha value is -1.90. The molecule has 2 nitrogen and oxygen atoms in total. The number of halogens is 2. The molecule has 4 heteroatoms. The number of nitrogens with zero attached hydrogens (tertiary/aromatic N) is 2. The molecule has 0 aliphatic carbocycles. The van der Waals surface area contributed by atoms with E-state index in [4.69, 9.17) is 23.2 Å². The second-order valence-corrected chi connectivity index (χ2v) is 5.15. The molecule has 0 amide bonds. The van der Waals surface area contributed by atoms with Crippen LogP contribution in [0.25, 0.3) is 22.6 Å². The van der Waals surface area contributed by atoms with Crippen molar-refractivity contribution in [1.82, 2.24) is 9.97 Å². The molecule has 3 aromatic rings. The van der Waals surface area contributed by atoms with E-state index < -0.39 is 0 Å². The molecule has 1 aromatic heterocycles. The normalized spacial score (nSPS) is 10.5. The minimum atomic E-state index is 0.675. The van der Waals surface area contributed by atoms with Gasteiger partial charge in [0.2, 0.25) is 0 Å². The fraction of sp³-hybridized carbons (Fsp3) is 0. The fourth-order valence-electron chi connectivity index (χ4n) is 1.88. The zero-order chi connectivity index (χ0) is 13.9. The van der Waals surface area contributed by atoms with Crippen LogP contribution in [-0.4, -0.2) is 9.97 Å². The molecule has 0 saturated carbocycles. The van der Waals surface area contributed by atoms with Crippen molar-refractivity contribution in [3.8, 4) is 22.6 Å². The lowest BCUT2D eigenvalue weighted by molar-refractivity contribution is 1.18. The zero-order valence-electron chi connectivity index (χ0n) is 10.4. The molecule has 1 heterocycles. The summed E-state index contributed by atoms with van der Waals surface area (Å²) in [5.74, 6) is 0.675. The quantitative estimate of drug-likeness (QED) is 0.656. The molecular formula is C16H10Cl2N2. The van der Waals surface area contributed by atoms with Gasteiger partial charge < -0.3 is 0 Å². The lowest BCUT2D eigenvalue weighted by Gasteiger charge is -2.04. The minimum absolute atomic E-state index is 0.675. The van der Waals surface area contributed by atoms with Crippen LogP contribution in [0, 0.1) is 0 Å². The van der Waals surface area contributed by atoms with Crippen molar-refractivity contribution in [3.63, 3.8) is 0 Å². The van der Waals surface area contributed by atoms with Crippen molar-refractivity contribution < 1.29 is 0 Å². The highest BCUT2D eigenvalue weighted by Crippen LogP contribution is 2.23. The summed E-state index contributed by atoms with van der Waals surface area (Å²) < 4.78 is 0. The molecule has 0 unspecified atom stereocenters. The molecule has 3 rings (SSSR count). The summed E-state index contributed by atoms with van der Waals surface area (Å²) in [6.07, 6.45) is 1.75. The van der Waals surface area contributed by atoms with Crippen molar-refractivity contribution in [1.29, 1.82) is 0 Å². The van der Waals surface area contributed by atoms with Gasteiger partial charge in [-0.1, -0.05) is 35.3 Å². The predicted molar refractivity (Wildman–Crippen MR) is 82.9 cm³/mol. The topological polar surface area (TPSA) is 25.8 Å². The van der Waals surface area contributed by atoms with Gasteiger partial charge in [-0.25, -0.2) is 9.97 Å². The lowest BCUT2D eigenvalue weighted by Crippen LogP contribution is -1.91. The highest BCUT2D eigenvalue weighted by Gasteiger charge is 2.04. The van der Waals surface area contributed by atoms with Gasteiger partial charge in [0, 0.05) is 27.4 Å². The Morgan fingerprint density at radius 3 is 1.80 bits per heavy atom. The number of hydrogen-bond acceptors (Lipinski definition) is 2. The third-order valence-corrected chi connectivity index (χ3v) is 3.40. The van der Waals surface area contributed by atoms with E-state index in [1.807, 2.05) is 54.6 Å². The zero-order valence-corrected chi connectivity index (χ0v) is 11.9. The third-order valence-electron chi connectivity index (χ3n) is 2.90. The van der Waals surface area contributed by atoms with Crippen LogP contribution in [-0.2, 0) is 0 Å². The summed E-state index contributed by atoms with van der Waals surface area (Å²) in [5, 5.41) is 1.41. The lowest BCUT2D eigenvalue weighted by atomic mass is 10.1. The molecular weight excluding hydrogens is 291 g/mol. The van der Waals surface area contributed by atoms with Gasteiger partial charge in [0.25, 0.3) is 0 Å². The van der Waals surface area contributed by atoms with Gasteiger partial charge in [-0.2, -0.15) is 0 Å². The molecule has 0 atom stereocenters. The Balaban J connectivity index is 2.01. The Morgan fingerprint density at radius 2 is 1.20 bits per heavy atom. The molecule has 20 heavy (non-hydrogen) atoms. The van der Waals surface area contributed by atoms with Crippen LogP contribution in [0.1, 0.15) is 0 Å². The maximum atomic E-state index is 5.90. The van der Waals surface area contributed by atoms with Crippen LogP contribution >= 0.6 is 23.2 Å². The monoisotopic (exact) mass is 300 g/mol. The van der Waals surface area contributed by atoms with Gasteiger partial charge in [-0.15, -0.1) is 0 Å². The van der Waals surface area contributed by atoms with E-state index in [9.17, 15) is 0 Å². The molecule has 2 aromatic carbocycles. The van der Waals surface area contributed by atoms with Crippen LogP contribution in [0.3, 0.4) is 0 Å². The van der Waals surface area contributed by atoms with Gasteiger partial charge in [-0.05, 0) is 42.5 Å². The van der Waals surface area contributed by atoms with E-state index in [-0.39, 0.29) is 0 Å². The molecule has 0 aliphatic rings. The summed E-state index contributed by atoms with van der Waals surface area (Å²) in [5.41, 5.74) is 2.80. The summed E-state index contributed by atoms with van der Waals surface area (Å²) >= 11 is 11.8. The van der Waals surface area contributed by atoms with E-state index in [0.717, 1.165) is 16.8 Å². The highest BCUT2D eigenvalue weighted by molar-refractivity contribution is 6.30. The fourth-order valence-corrected chi connectivity index (χ4v) is 2.13. The number of hydrogen-bond donors (Lipinski definition) is 0. The molecule has 0 bridgehead atoms. The van der Waals surface area contributed by atoms with E-state index in [0.29, 0.717) is 15.9 Å². The van der Waals surface area contributed by atoms with Gasteiger partial charge in [0.1, 0.15) is 0 Å². The van der Waals surface area contributed by atoms with Crippen molar-refractivity contribution in [2.45, 2.75) is 0 Å². The maximum absolute atomic E-state index is 5.90. The summed E-state index contributed by atoms with van der Waals surface area (Å²) in [7, 11) is 0. The predicted octanol–water partition coefficient (Wildman–Crippen LogP) is 5.12. The van der Waals surface area contributed by atoms with Gasteiger partial charge in [0.15, 0.2) is 5.82 Å². The van der Waals surface area contributed by atoms with Crippen molar-refractivity contribution in [2.75, 3.05) is 0 Å². The molecule has 0 saturated heterocycles. The maximum Gasteiger partial charge on any atom is 0.159 e. The standard InChI is InChI=1S/C16H10Cl2N2/c17-13-5-1-11(2-6-13)15-9-10-19-16(20-15)12-3-7-14(18)8-4-12/h1-10H. The van der Waals surface area contributed by atoms with Gasteiger partial charge in [-0.3, -0.25) is 0 Å². The second-order valence-electron chi connectivity index (χ2n) is 4.28. The average molecular weight is 301 g/mol. The molecule has 98 valence electrons. The molecule has 0 spiro atoms. The number of aromatic nitrogens is 2. The first-order valence-electron chi connectivity index (χ1n) is 6.07. The van der Waals surface area contributed by atoms with Crippen molar-refractivity contribution >= 4 is 23.2 Å².